The summed E-state index contributed by atoms with van der Waals surface area (Å²) in [6.45, 7) is 6.57. The van der Waals surface area contributed by atoms with E-state index in [1.54, 1.807) is 0 Å². The van der Waals surface area contributed by atoms with E-state index < -0.39 is 0 Å². The number of hydrogen-bond acceptors (Lipinski definition) is 2. The summed E-state index contributed by atoms with van der Waals surface area (Å²) in [6, 6.07) is 14.4. The number of carbonyl (C=O) groups is 1. The molecule has 1 aromatic carbocycles. The molecular formula is C19H25NO2. The maximum Gasteiger partial charge on any atom is 0.223 e. The Morgan fingerprint density at radius 1 is 1.14 bits per heavy atom. The Morgan fingerprint density at radius 3 is 2.45 bits per heavy atom. The minimum Gasteiger partial charge on any atom is -0.464 e. The third-order valence-corrected chi connectivity index (χ3v) is 3.76. The Balaban J connectivity index is 1.87. The lowest BCUT2D eigenvalue weighted by molar-refractivity contribution is -0.133. The topological polar surface area (TPSA) is 33.5 Å². The van der Waals surface area contributed by atoms with Crippen molar-refractivity contribution in [3.05, 3.63) is 59.5 Å². The smallest absolute Gasteiger partial charge is 0.223 e. The second-order valence-electron chi connectivity index (χ2n) is 5.97. The van der Waals surface area contributed by atoms with E-state index in [0.29, 0.717) is 13.0 Å². The van der Waals surface area contributed by atoms with Crippen LogP contribution in [0.3, 0.4) is 0 Å². The zero-order chi connectivity index (χ0) is 15.9. The second kappa shape index (κ2) is 7.83. The number of carbonyl (C=O) groups excluding carboxylic acids is 1. The van der Waals surface area contributed by atoms with Crippen molar-refractivity contribution in [1.82, 2.24) is 4.90 Å². The van der Waals surface area contributed by atoms with Crippen LogP contribution in [0.1, 0.15) is 43.8 Å². The number of hydrogen-bond donors (Lipinski definition) is 0. The number of amides is 1. The van der Waals surface area contributed by atoms with E-state index in [1.807, 2.05) is 56.0 Å². The standard InChI is InChI=1S/C19H25NO2/c1-15(2)20(14-18-13-12-16(3)22-18)19(21)11-7-10-17-8-5-4-6-9-17/h4-6,8-9,12-13,15H,7,10-11,14H2,1-3H3. The summed E-state index contributed by atoms with van der Waals surface area (Å²) < 4.78 is 5.59. The summed E-state index contributed by atoms with van der Waals surface area (Å²) in [5.41, 5.74) is 1.29. The van der Waals surface area contributed by atoms with Crippen molar-refractivity contribution in [2.24, 2.45) is 0 Å². The number of aryl methyl sites for hydroxylation is 2. The lowest BCUT2D eigenvalue weighted by atomic mass is 10.1. The molecule has 1 heterocycles. The third kappa shape index (κ3) is 4.76. The summed E-state index contributed by atoms with van der Waals surface area (Å²) >= 11 is 0. The first kappa shape index (κ1) is 16.3. The molecule has 0 atom stereocenters. The van der Waals surface area contributed by atoms with E-state index in [2.05, 4.69) is 12.1 Å². The molecule has 3 nitrogen and oxygen atoms in total. The number of rotatable bonds is 7. The predicted molar refractivity (Wildman–Crippen MR) is 88.5 cm³/mol. The highest BCUT2D eigenvalue weighted by Crippen LogP contribution is 2.14. The monoisotopic (exact) mass is 299 g/mol. The maximum atomic E-state index is 12.5. The van der Waals surface area contributed by atoms with Crippen LogP contribution in [-0.2, 0) is 17.8 Å². The summed E-state index contributed by atoms with van der Waals surface area (Å²) in [7, 11) is 0. The first-order valence-corrected chi connectivity index (χ1v) is 7.95. The molecule has 2 rings (SSSR count). The van der Waals surface area contributed by atoms with Gasteiger partial charge in [-0.05, 0) is 51.3 Å². The quantitative estimate of drug-likeness (QED) is 0.761. The number of furan rings is 1. The Bertz CT molecular complexity index is 586. The Hall–Kier alpha value is -2.03. The average molecular weight is 299 g/mol. The first-order valence-electron chi connectivity index (χ1n) is 7.95. The minimum absolute atomic E-state index is 0.176. The summed E-state index contributed by atoms with van der Waals surface area (Å²) in [4.78, 5) is 14.4. The number of benzene rings is 1. The zero-order valence-corrected chi connectivity index (χ0v) is 13.7. The molecule has 22 heavy (non-hydrogen) atoms. The van der Waals surface area contributed by atoms with E-state index in [9.17, 15) is 4.79 Å². The molecular weight excluding hydrogens is 274 g/mol. The Morgan fingerprint density at radius 2 is 1.86 bits per heavy atom. The van der Waals surface area contributed by atoms with Gasteiger partial charge in [-0.25, -0.2) is 0 Å². The lowest BCUT2D eigenvalue weighted by Crippen LogP contribution is -2.36. The third-order valence-electron chi connectivity index (χ3n) is 3.76. The zero-order valence-electron chi connectivity index (χ0n) is 13.7. The molecule has 2 aromatic rings. The fraction of sp³-hybridized carbons (Fsp3) is 0.421. The molecule has 0 N–H and O–H groups in total. The Labute approximate surface area is 132 Å². The van der Waals surface area contributed by atoms with E-state index in [1.165, 1.54) is 5.56 Å². The van der Waals surface area contributed by atoms with Gasteiger partial charge >= 0.3 is 0 Å². The summed E-state index contributed by atoms with van der Waals surface area (Å²) in [5.74, 6) is 1.93. The molecule has 0 fully saturated rings. The highest BCUT2D eigenvalue weighted by molar-refractivity contribution is 5.76. The van der Waals surface area contributed by atoms with Crippen molar-refractivity contribution < 1.29 is 9.21 Å². The van der Waals surface area contributed by atoms with Gasteiger partial charge in [-0.1, -0.05) is 30.3 Å². The number of nitrogens with zero attached hydrogens (tertiary/aromatic N) is 1. The fourth-order valence-corrected chi connectivity index (χ4v) is 2.53. The highest BCUT2D eigenvalue weighted by atomic mass is 16.3. The van der Waals surface area contributed by atoms with Gasteiger partial charge in [0.1, 0.15) is 11.5 Å². The van der Waals surface area contributed by atoms with Gasteiger partial charge in [0, 0.05) is 12.5 Å². The molecule has 0 saturated heterocycles. The van der Waals surface area contributed by atoms with Crippen LogP contribution < -0.4 is 0 Å². The SMILES string of the molecule is Cc1ccc(CN(C(=O)CCCc2ccccc2)C(C)C)o1. The van der Waals surface area contributed by atoms with Crippen LogP contribution in [0.25, 0.3) is 0 Å². The molecule has 0 spiro atoms. The van der Waals surface area contributed by atoms with Crippen LogP contribution >= 0.6 is 0 Å². The Kier molecular flexibility index (Phi) is 5.82. The van der Waals surface area contributed by atoms with Gasteiger partial charge in [-0.15, -0.1) is 0 Å². The molecule has 0 aliphatic carbocycles. The first-order chi connectivity index (χ1) is 10.6. The molecule has 0 aliphatic rings. The van der Waals surface area contributed by atoms with Gasteiger partial charge in [-0.2, -0.15) is 0 Å². The van der Waals surface area contributed by atoms with Crippen LogP contribution in [0.15, 0.2) is 46.9 Å². The van der Waals surface area contributed by atoms with Crippen LogP contribution in [-0.4, -0.2) is 16.8 Å². The molecule has 0 bridgehead atoms. The maximum absolute atomic E-state index is 12.5. The van der Waals surface area contributed by atoms with E-state index >= 15 is 0 Å². The average Bonchev–Trinajstić information content (AvgIpc) is 2.91. The highest BCUT2D eigenvalue weighted by Gasteiger charge is 2.18. The van der Waals surface area contributed by atoms with Gasteiger partial charge < -0.3 is 9.32 Å². The van der Waals surface area contributed by atoms with Crippen LogP contribution in [0.2, 0.25) is 0 Å². The normalized spacial score (nSPS) is 10.9. The van der Waals surface area contributed by atoms with Crippen molar-refractivity contribution in [1.29, 1.82) is 0 Å². The van der Waals surface area contributed by atoms with Crippen molar-refractivity contribution in [2.75, 3.05) is 0 Å². The fourth-order valence-electron chi connectivity index (χ4n) is 2.53. The van der Waals surface area contributed by atoms with Crippen molar-refractivity contribution >= 4 is 5.91 Å². The summed E-state index contributed by atoms with van der Waals surface area (Å²) in [6.07, 6.45) is 2.40. The molecule has 0 aliphatic heterocycles. The van der Waals surface area contributed by atoms with Crippen molar-refractivity contribution in [3.63, 3.8) is 0 Å². The molecule has 0 radical (unpaired) electrons. The summed E-state index contributed by atoms with van der Waals surface area (Å²) in [5, 5.41) is 0. The van der Waals surface area contributed by atoms with Gasteiger partial charge in [0.15, 0.2) is 0 Å². The van der Waals surface area contributed by atoms with E-state index in [0.717, 1.165) is 24.4 Å². The molecule has 118 valence electrons. The molecule has 1 amide bonds. The van der Waals surface area contributed by atoms with Crippen LogP contribution in [0.4, 0.5) is 0 Å². The van der Waals surface area contributed by atoms with Gasteiger partial charge in [0.25, 0.3) is 0 Å². The molecule has 0 saturated carbocycles. The van der Waals surface area contributed by atoms with Crippen LogP contribution in [0, 0.1) is 6.92 Å². The molecule has 0 unspecified atom stereocenters. The van der Waals surface area contributed by atoms with Gasteiger partial charge in [0.05, 0.1) is 6.54 Å². The van der Waals surface area contributed by atoms with Gasteiger partial charge in [0.2, 0.25) is 5.91 Å². The predicted octanol–water partition coefficient (Wildman–Crippen LogP) is 4.35. The van der Waals surface area contributed by atoms with E-state index in [-0.39, 0.29) is 11.9 Å². The second-order valence-corrected chi connectivity index (χ2v) is 5.97. The van der Waals surface area contributed by atoms with Crippen molar-refractivity contribution in [2.45, 2.75) is 52.6 Å². The van der Waals surface area contributed by atoms with Crippen LogP contribution in [0.5, 0.6) is 0 Å². The molecule has 1 aromatic heterocycles. The lowest BCUT2D eigenvalue weighted by Gasteiger charge is -2.26. The largest absolute Gasteiger partial charge is 0.464 e. The minimum atomic E-state index is 0.176. The van der Waals surface area contributed by atoms with Crippen molar-refractivity contribution in [3.8, 4) is 0 Å². The molecule has 3 heteroatoms. The van der Waals surface area contributed by atoms with E-state index in [4.69, 9.17) is 4.42 Å². The van der Waals surface area contributed by atoms with Gasteiger partial charge in [-0.3, -0.25) is 4.79 Å².